The van der Waals surface area contributed by atoms with Gasteiger partial charge in [-0.1, -0.05) is 73.5 Å². The summed E-state index contributed by atoms with van der Waals surface area (Å²) < 4.78 is 5.50. The molecule has 4 heterocycles. The number of carboxylic acids is 1. The van der Waals surface area contributed by atoms with Crippen LogP contribution in [0.4, 0.5) is 4.79 Å². The van der Waals surface area contributed by atoms with Gasteiger partial charge in [0.2, 0.25) is 17.6 Å². The molecule has 14 heteroatoms. The normalized spacial score (nSPS) is 25.7. The highest BCUT2D eigenvalue weighted by molar-refractivity contribution is 5.97. The van der Waals surface area contributed by atoms with Crippen LogP contribution in [0.2, 0.25) is 0 Å². The number of para-hydroxylation sites is 1. The number of tetrazole rings is 1. The lowest BCUT2D eigenvalue weighted by molar-refractivity contribution is -0.145. The third-order valence-corrected chi connectivity index (χ3v) is 10.1. The van der Waals surface area contributed by atoms with Crippen molar-refractivity contribution >= 4 is 34.8 Å². The lowest BCUT2D eigenvalue weighted by Crippen LogP contribution is -2.56. The number of hydrogen-bond acceptors (Lipinski definition) is 9. The van der Waals surface area contributed by atoms with Gasteiger partial charge in [-0.15, -0.1) is 10.2 Å². The van der Waals surface area contributed by atoms with Gasteiger partial charge < -0.3 is 25.4 Å². The van der Waals surface area contributed by atoms with Gasteiger partial charge in [-0.25, -0.2) is 14.6 Å². The highest BCUT2D eigenvalue weighted by Gasteiger charge is 2.61. The molecule has 276 valence electrons. The molecule has 3 N–H and O–H groups in total. The summed E-state index contributed by atoms with van der Waals surface area (Å²) in [7, 11) is 0. The molecular formula is C39H44N8O6. The van der Waals surface area contributed by atoms with E-state index in [1.807, 2.05) is 72.8 Å². The zero-order valence-electron chi connectivity index (χ0n) is 30.1. The monoisotopic (exact) mass is 720 g/mol. The van der Waals surface area contributed by atoms with Crippen LogP contribution in [0.5, 0.6) is 0 Å². The Kier molecular flexibility index (Phi) is 9.71. The maximum absolute atomic E-state index is 14.4. The molecule has 5 atom stereocenters. The largest absolute Gasteiger partial charge is 0.479 e. The molecule has 2 aromatic heterocycles. The number of carbonyl (C=O) groups is 4. The summed E-state index contributed by atoms with van der Waals surface area (Å²) in [5.41, 5.74) is 0.919. The summed E-state index contributed by atoms with van der Waals surface area (Å²) in [5, 5.41) is 30.2. The number of rotatable bonds is 5. The van der Waals surface area contributed by atoms with Crippen LogP contribution < -0.4 is 10.6 Å². The molecule has 7 rings (SSSR count). The number of nitrogens with one attached hydrogen (secondary N) is 2. The van der Waals surface area contributed by atoms with Crippen LogP contribution in [0.25, 0.3) is 33.5 Å². The fourth-order valence-electron chi connectivity index (χ4n) is 7.30. The maximum atomic E-state index is 14.4. The molecule has 1 saturated carbocycles. The molecular weight excluding hydrogens is 676 g/mol. The third-order valence-electron chi connectivity index (χ3n) is 10.1. The number of carboxylic acid groups (broad SMARTS) is 1. The van der Waals surface area contributed by atoms with Gasteiger partial charge in [-0.05, 0) is 63.8 Å². The topological polar surface area (TPSA) is 182 Å². The highest BCUT2D eigenvalue weighted by atomic mass is 16.6. The van der Waals surface area contributed by atoms with Crippen LogP contribution in [0.1, 0.15) is 71.8 Å². The summed E-state index contributed by atoms with van der Waals surface area (Å²) in [5.74, 6) is -2.17. The number of pyridine rings is 1. The molecule has 1 aliphatic carbocycles. The summed E-state index contributed by atoms with van der Waals surface area (Å²) in [6.07, 6.45) is 6.81. The Morgan fingerprint density at radius 3 is 2.58 bits per heavy atom. The van der Waals surface area contributed by atoms with Crippen molar-refractivity contribution in [1.82, 2.24) is 40.7 Å². The van der Waals surface area contributed by atoms with Crippen LogP contribution in [0.15, 0.2) is 72.8 Å². The van der Waals surface area contributed by atoms with Crippen molar-refractivity contribution in [2.75, 3.05) is 6.54 Å². The zero-order chi connectivity index (χ0) is 37.3. The van der Waals surface area contributed by atoms with E-state index in [1.165, 1.54) is 9.70 Å². The molecule has 0 bridgehead atoms. The number of alkyl carbamates (subject to hydrolysis) is 1. The minimum absolute atomic E-state index is 0.0367. The molecule has 0 spiro atoms. The van der Waals surface area contributed by atoms with E-state index in [2.05, 4.69) is 20.9 Å². The molecule has 3 aliphatic rings. The van der Waals surface area contributed by atoms with Crippen molar-refractivity contribution in [2.24, 2.45) is 5.92 Å². The molecule has 0 unspecified atom stereocenters. The number of fused-ring (bicyclic) bond motifs is 3. The second-order valence-electron chi connectivity index (χ2n) is 15.1. The first-order valence-corrected chi connectivity index (χ1v) is 18.2. The van der Waals surface area contributed by atoms with Crippen LogP contribution in [-0.4, -0.2) is 88.8 Å². The predicted octanol–water partition coefficient (Wildman–Crippen LogP) is 5.07. The Morgan fingerprint density at radius 1 is 1.04 bits per heavy atom. The quantitative estimate of drug-likeness (QED) is 0.236. The molecule has 0 radical (unpaired) electrons. The van der Waals surface area contributed by atoms with Gasteiger partial charge in [0.15, 0.2) is 0 Å². The van der Waals surface area contributed by atoms with Gasteiger partial charge in [0.25, 0.3) is 0 Å². The second-order valence-corrected chi connectivity index (χ2v) is 15.1. The van der Waals surface area contributed by atoms with Crippen molar-refractivity contribution in [3.8, 4) is 22.6 Å². The van der Waals surface area contributed by atoms with E-state index in [1.54, 1.807) is 20.8 Å². The average molecular weight is 721 g/mol. The summed E-state index contributed by atoms with van der Waals surface area (Å²) in [4.78, 5) is 61.7. The number of aliphatic carboxylic acids is 1. The van der Waals surface area contributed by atoms with Crippen molar-refractivity contribution in [1.29, 1.82) is 0 Å². The minimum Gasteiger partial charge on any atom is -0.479 e. The Bertz CT molecular complexity index is 2060. The van der Waals surface area contributed by atoms with E-state index in [0.29, 0.717) is 18.7 Å². The van der Waals surface area contributed by atoms with Gasteiger partial charge in [-0.3, -0.25) is 9.59 Å². The minimum atomic E-state index is -1.45. The lowest BCUT2D eigenvalue weighted by atomic mass is 10.0. The number of aromatic nitrogens is 5. The van der Waals surface area contributed by atoms with E-state index in [0.717, 1.165) is 47.0 Å². The number of carbonyl (C=O) groups excluding carboxylic acids is 3. The highest BCUT2D eigenvalue weighted by Crippen LogP contribution is 2.45. The van der Waals surface area contributed by atoms with E-state index in [9.17, 15) is 24.3 Å². The maximum Gasteiger partial charge on any atom is 0.408 e. The third kappa shape index (κ3) is 7.62. The van der Waals surface area contributed by atoms with Gasteiger partial charge in [0.05, 0.1) is 17.3 Å². The number of nitrogens with zero attached hydrogens (tertiary/aromatic N) is 6. The van der Waals surface area contributed by atoms with Gasteiger partial charge in [0.1, 0.15) is 23.2 Å². The number of amides is 3. The number of benzene rings is 2. The van der Waals surface area contributed by atoms with Crippen molar-refractivity contribution < 1.29 is 29.0 Å². The van der Waals surface area contributed by atoms with E-state index in [-0.39, 0.29) is 25.3 Å². The standard InChI is InChI=1S/C39H44N8O6/c1-38(2,3)53-37(52)41-30-19-11-6-4-5-10-16-25-22-39(25,36(50)51)42-34(48)32-20-26(23-46(32)35(30)49)47-44-33(43-45-47)28-21-31(24-14-8-7-9-15-24)40-29-18-13-12-17-27(28)29/h7-10,12-18,21,25-26,30,32H,4-6,11,19-20,22-23H2,1-3H3,(H,41,52)(H,42,48)(H,50,51)/b16-10-/t25-,26-,30+,32+,39-/m1/s1. The average Bonchev–Trinajstić information content (AvgIpc) is 3.42. The molecule has 14 nitrogen and oxygen atoms in total. The number of allylic oxidation sites excluding steroid dienone is 1. The van der Waals surface area contributed by atoms with Crippen LogP contribution in [-0.2, 0) is 19.1 Å². The Labute approximate surface area is 307 Å². The van der Waals surface area contributed by atoms with Crippen molar-refractivity contribution in [3.05, 3.63) is 72.8 Å². The molecule has 1 saturated heterocycles. The molecule has 2 aromatic carbocycles. The second kappa shape index (κ2) is 14.4. The van der Waals surface area contributed by atoms with Crippen molar-refractivity contribution in [2.45, 2.75) is 95.0 Å². The smallest absolute Gasteiger partial charge is 0.408 e. The van der Waals surface area contributed by atoms with E-state index >= 15 is 0 Å². The van der Waals surface area contributed by atoms with Gasteiger partial charge in [-0.2, -0.15) is 4.80 Å². The molecule has 2 fully saturated rings. The Morgan fingerprint density at radius 2 is 1.81 bits per heavy atom. The molecule has 2 aliphatic heterocycles. The SMILES string of the molecule is CC(C)(C)OC(=O)N[C@H]1CCCCC/C=C\[C@@H]2C[C@@]2(C(=O)O)NC(=O)[C@@H]2C[C@@H](n3nnc(-c4cc(-c5ccccc5)nc5ccccc45)n3)CN2C1=O. The lowest BCUT2D eigenvalue weighted by Gasteiger charge is -2.30. The van der Waals surface area contributed by atoms with Crippen LogP contribution in [0.3, 0.4) is 0 Å². The molecule has 4 aromatic rings. The Balaban J connectivity index is 1.22. The number of hydrogen-bond donors (Lipinski definition) is 3. The Hall–Kier alpha value is -5.66. The predicted molar refractivity (Wildman–Crippen MR) is 195 cm³/mol. The summed E-state index contributed by atoms with van der Waals surface area (Å²) in [6, 6.07) is 16.8. The van der Waals surface area contributed by atoms with Gasteiger partial charge in [0, 0.05) is 35.4 Å². The zero-order valence-corrected chi connectivity index (χ0v) is 30.1. The van der Waals surface area contributed by atoms with Crippen LogP contribution in [0, 0.1) is 5.92 Å². The first-order chi connectivity index (χ1) is 25.4. The van der Waals surface area contributed by atoms with Gasteiger partial charge >= 0.3 is 12.1 Å². The van der Waals surface area contributed by atoms with E-state index in [4.69, 9.17) is 14.8 Å². The molecule has 53 heavy (non-hydrogen) atoms. The first-order valence-electron chi connectivity index (χ1n) is 18.2. The fraction of sp³-hybridized carbons (Fsp3) is 0.436. The van der Waals surface area contributed by atoms with Crippen LogP contribution >= 0.6 is 0 Å². The van der Waals surface area contributed by atoms with Crippen molar-refractivity contribution in [3.63, 3.8) is 0 Å². The summed E-state index contributed by atoms with van der Waals surface area (Å²) >= 11 is 0. The first kappa shape index (κ1) is 35.7. The fourth-order valence-corrected chi connectivity index (χ4v) is 7.30. The number of ether oxygens (including phenoxy) is 1. The summed E-state index contributed by atoms with van der Waals surface area (Å²) in [6.45, 7) is 5.26. The molecule has 3 amide bonds. The van der Waals surface area contributed by atoms with E-state index < -0.39 is 53.1 Å².